The Labute approximate surface area is 337 Å². The summed E-state index contributed by atoms with van der Waals surface area (Å²) in [5.74, 6) is 1.44. The molecule has 0 saturated carbocycles. The second kappa shape index (κ2) is 20.4. The predicted molar refractivity (Wildman–Crippen MR) is 208 cm³/mol. The Morgan fingerprint density at radius 2 is 0.983 bits per heavy atom. The van der Waals surface area contributed by atoms with Crippen molar-refractivity contribution in [2.45, 2.75) is 76.4 Å². The third-order valence-corrected chi connectivity index (χ3v) is 10.5. The number of ether oxygens (including phenoxy) is 8. The van der Waals surface area contributed by atoms with Crippen LogP contribution >= 0.6 is 0 Å². The Bertz CT molecular complexity index is 1680. The van der Waals surface area contributed by atoms with Gasteiger partial charge in [-0.2, -0.15) is 0 Å². The maximum Gasteiger partial charge on any atom is 0.414 e. The molecule has 2 N–H and O–H groups in total. The van der Waals surface area contributed by atoms with E-state index in [2.05, 4.69) is 20.1 Å². The normalized spacial score (nSPS) is 20.6. The SMILES string of the molecule is COc1cc(CC2CC(CN3CCCCC3)=NO2)c(OC)c2c1OCO2.COc1cc(CC2CC(CN3CCCCC3)=NO2)c(OC)c2c1OCO2.O=C(O)C(=O)O. The second-order valence-electron chi connectivity index (χ2n) is 14.5. The van der Waals surface area contributed by atoms with Crippen molar-refractivity contribution in [2.24, 2.45) is 10.3 Å². The molecule has 0 radical (unpaired) electrons. The summed E-state index contributed by atoms with van der Waals surface area (Å²) in [7, 11) is 6.53. The molecule has 6 aliphatic heterocycles. The molecule has 0 aliphatic carbocycles. The minimum atomic E-state index is -1.82. The van der Waals surface area contributed by atoms with Crippen LogP contribution in [0.25, 0.3) is 0 Å². The summed E-state index contributed by atoms with van der Waals surface area (Å²) in [5, 5.41) is 23.4. The molecule has 0 spiro atoms. The van der Waals surface area contributed by atoms with Crippen molar-refractivity contribution in [2.75, 3.05) is 81.3 Å². The number of nitrogens with zero attached hydrogens (tertiary/aromatic N) is 4. The molecule has 18 heteroatoms. The fourth-order valence-corrected chi connectivity index (χ4v) is 7.80. The Kier molecular flexibility index (Phi) is 14.8. The molecule has 2 atom stereocenters. The van der Waals surface area contributed by atoms with Gasteiger partial charge < -0.3 is 57.8 Å². The number of oxime groups is 2. The van der Waals surface area contributed by atoms with Gasteiger partial charge in [0.1, 0.15) is 12.2 Å². The Hall–Kier alpha value is -5.36. The number of carboxylic acid groups (broad SMARTS) is 2. The summed E-state index contributed by atoms with van der Waals surface area (Å²) in [6, 6.07) is 3.89. The Balaban J connectivity index is 0.000000172. The number of aliphatic carboxylic acids is 2. The van der Waals surface area contributed by atoms with E-state index in [1.54, 1.807) is 28.4 Å². The largest absolute Gasteiger partial charge is 0.493 e. The summed E-state index contributed by atoms with van der Waals surface area (Å²) in [6.07, 6.45) is 10.9. The molecule has 318 valence electrons. The monoisotopic (exact) mass is 814 g/mol. The molecule has 18 nitrogen and oxygen atoms in total. The minimum absolute atomic E-state index is 0.00812. The first-order valence-electron chi connectivity index (χ1n) is 19.6. The molecule has 58 heavy (non-hydrogen) atoms. The van der Waals surface area contributed by atoms with Gasteiger partial charge in [0, 0.05) is 49.9 Å². The lowest BCUT2D eigenvalue weighted by atomic mass is 10.0. The molecule has 0 amide bonds. The van der Waals surface area contributed by atoms with Gasteiger partial charge in [0.15, 0.2) is 23.0 Å². The second-order valence-corrected chi connectivity index (χ2v) is 14.5. The van der Waals surface area contributed by atoms with E-state index in [4.69, 9.17) is 67.4 Å². The van der Waals surface area contributed by atoms with Crippen LogP contribution in [-0.2, 0) is 32.1 Å². The summed E-state index contributed by atoms with van der Waals surface area (Å²) in [5.41, 5.74) is 4.22. The number of rotatable bonds is 12. The van der Waals surface area contributed by atoms with Crippen LogP contribution in [0.3, 0.4) is 0 Å². The van der Waals surface area contributed by atoms with Crippen LogP contribution in [0.4, 0.5) is 0 Å². The van der Waals surface area contributed by atoms with E-state index in [1.807, 2.05) is 12.1 Å². The molecule has 2 fully saturated rings. The van der Waals surface area contributed by atoms with Gasteiger partial charge in [-0.15, -0.1) is 0 Å². The van der Waals surface area contributed by atoms with E-state index >= 15 is 0 Å². The topological polar surface area (TPSA) is 198 Å². The van der Waals surface area contributed by atoms with Crippen LogP contribution in [-0.4, -0.2) is 137 Å². The highest BCUT2D eigenvalue weighted by Gasteiger charge is 2.32. The van der Waals surface area contributed by atoms with Gasteiger partial charge in [0.2, 0.25) is 36.6 Å². The van der Waals surface area contributed by atoms with Gasteiger partial charge in [-0.1, -0.05) is 23.2 Å². The first-order valence-corrected chi connectivity index (χ1v) is 19.6. The van der Waals surface area contributed by atoms with Crippen LogP contribution in [0, 0.1) is 0 Å². The zero-order valence-electron chi connectivity index (χ0n) is 33.6. The van der Waals surface area contributed by atoms with Crippen molar-refractivity contribution in [3.05, 3.63) is 23.3 Å². The van der Waals surface area contributed by atoms with Gasteiger partial charge in [-0.05, 0) is 64.0 Å². The molecule has 2 unspecified atom stereocenters. The number of hydrogen-bond acceptors (Lipinski definition) is 16. The molecule has 6 heterocycles. The van der Waals surface area contributed by atoms with Crippen molar-refractivity contribution in [1.82, 2.24) is 9.80 Å². The zero-order valence-corrected chi connectivity index (χ0v) is 33.6. The number of likely N-dealkylation sites (tertiary alicyclic amines) is 2. The molecule has 2 saturated heterocycles. The van der Waals surface area contributed by atoms with E-state index in [0.717, 1.165) is 74.7 Å². The van der Waals surface area contributed by atoms with Gasteiger partial charge in [-0.25, -0.2) is 9.59 Å². The van der Waals surface area contributed by atoms with Gasteiger partial charge in [0.25, 0.3) is 0 Å². The number of hydrogen-bond donors (Lipinski definition) is 2. The quantitative estimate of drug-likeness (QED) is 0.286. The van der Waals surface area contributed by atoms with Crippen molar-refractivity contribution >= 4 is 23.4 Å². The minimum Gasteiger partial charge on any atom is -0.493 e. The smallest absolute Gasteiger partial charge is 0.414 e. The van der Waals surface area contributed by atoms with Crippen molar-refractivity contribution in [3.8, 4) is 46.0 Å². The lowest BCUT2D eigenvalue weighted by molar-refractivity contribution is -0.159. The third kappa shape index (κ3) is 10.6. The number of benzene rings is 2. The number of carboxylic acids is 2. The number of piperidine rings is 2. The molecule has 2 aromatic rings. The number of methoxy groups -OCH3 is 4. The van der Waals surface area contributed by atoms with E-state index in [1.165, 1.54) is 38.5 Å². The highest BCUT2D eigenvalue weighted by molar-refractivity contribution is 6.27. The lowest BCUT2D eigenvalue weighted by Crippen LogP contribution is -2.34. The first-order chi connectivity index (χ1) is 28.2. The van der Waals surface area contributed by atoms with Gasteiger partial charge in [0.05, 0.1) is 39.9 Å². The highest BCUT2D eigenvalue weighted by atomic mass is 16.7. The Morgan fingerprint density at radius 3 is 1.33 bits per heavy atom. The fraction of sp³-hybridized carbons (Fsp3) is 0.600. The molecule has 0 bridgehead atoms. The number of fused-ring (bicyclic) bond motifs is 2. The van der Waals surface area contributed by atoms with Crippen LogP contribution in [0.2, 0.25) is 0 Å². The van der Waals surface area contributed by atoms with Gasteiger partial charge >= 0.3 is 11.9 Å². The van der Waals surface area contributed by atoms with Crippen molar-refractivity contribution in [1.29, 1.82) is 0 Å². The summed E-state index contributed by atoms with van der Waals surface area (Å²) >= 11 is 0. The average molecular weight is 815 g/mol. The summed E-state index contributed by atoms with van der Waals surface area (Å²) in [6.45, 7) is 6.83. The van der Waals surface area contributed by atoms with E-state index in [9.17, 15) is 0 Å². The lowest BCUT2D eigenvalue weighted by Gasteiger charge is -2.25. The van der Waals surface area contributed by atoms with E-state index < -0.39 is 11.9 Å². The molecule has 8 rings (SSSR count). The van der Waals surface area contributed by atoms with Crippen LogP contribution < -0.4 is 37.9 Å². The Morgan fingerprint density at radius 1 is 0.603 bits per heavy atom. The van der Waals surface area contributed by atoms with Crippen molar-refractivity contribution < 1.29 is 67.4 Å². The molecular formula is C40H54N4O14. The van der Waals surface area contributed by atoms with E-state index in [-0.39, 0.29) is 25.8 Å². The summed E-state index contributed by atoms with van der Waals surface area (Å²) < 4.78 is 44.2. The van der Waals surface area contributed by atoms with E-state index in [0.29, 0.717) is 58.8 Å². The molecule has 2 aromatic carbocycles. The number of carbonyl (C=O) groups is 2. The molecule has 6 aliphatic rings. The average Bonchev–Trinajstić information content (AvgIpc) is 4.08. The predicted octanol–water partition coefficient (Wildman–Crippen LogP) is 4.37. The third-order valence-electron chi connectivity index (χ3n) is 10.5. The van der Waals surface area contributed by atoms with Crippen LogP contribution in [0.15, 0.2) is 22.4 Å². The maximum atomic E-state index is 9.10. The van der Waals surface area contributed by atoms with Crippen LogP contribution in [0.1, 0.15) is 62.5 Å². The fourth-order valence-electron chi connectivity index (χ4n) is 7.80. The first kappa shape index (κ1) is 42.3. The summed E-state index contributed by atoms with van der Waals surface area (Å²) in [4.78, 5) is 34.5. The standard InChI is InChI=1S/2C19H26N2O5.C2H2O4/c2*1-22-16-9-13(17(23-2)19-18(16)24-12-25-19)8-15-10-14(20-26-15)11-21-6-4-3-5-7-21;3-1(4)2(5)6/h2*9,15H,3-8,10-12H2,1-2H3;(H,3,4)(H,5,6). The highest BCUT2D eigenvalue weighted by Crippen LogP contribution is 2.51. The van der Waals surface area contributed by atoms with Gasteiger partial charge in [-0.3, -0.25) is 9.80 Å². The molecule has 0 aromatic heterocycles. The van der Waals surface area contributed by atoms with Crippen LogP contribution in [0.5, 0.6) is 46.0 Å². The molecular weight excluding hydrogens is 760 g/mol. The maximum absolute atomic E-state index is 9.10. The zero-order chi connectivity index (χ0) is 41.0. The van der Waals surface area contributed by atoms with Crippen molar-refractivity contribution in [3.63, 3.8) is 0 Å².